The first-order valence-electron chi connectivity index (χ1n) is 8.56. The number of fused-ring (bicyclic) bond motifs is 3. The lowest BCUT2D eigenvalue weighted by Gasteiger charge is -2.15. The summed E-state index contributed by atoms with van der Waals surface area (Å²) in [6.45, 7) is 0. The zero-order valence-corrected chi connectivity index (χ0v) is 13.1. The van der Waals surface area contributed by atoms with E-state index in [4.69, 9.17) is 4.74 Å². The fraction of sp³-hybridized carbons (Fsp3) is 0.500. The molecule has 3 aliphatic heterocycles. The topological polar surface area (TPSA) is 57.0 Å². The molecule has 24 heavy (non-hydrogen) atoms. The zero-order chi connectivity index (χ0) is 16.3. The highest BCUT2D eigenvalue weighted by molar-refractivity contribution is 5.95. The van der Waals surface area contributed by atoms with Gasteiger partial charge in [-0.3, -0.25) is 4.79 Å². The third-order valence-corrected chi connectivity index (χ3v) is 5.51. The number of carbonyl (C=O) groups is 1. The number of Topliss-reactive ketones (excluding diaryl/α,β-unsaturated/α-hetero) is 1. The van der Waals surface area contributed by atoms with Gasteiger partial charge < -0.3 is 4.74 Å². The molecule has 2 aromatic rings. The number of benzene rings is 1. The van der Waals surface area contributed by atoms with Crippen LogP contribution in [0.15, 0.2) is 30.3 Å². The summed E-state index contributed by atoms with van der Waals surface area (Å²) in [5, 5.41) is 4.39. The summed E-state index contributed by atoms with van der Waals surface area (Å²) in [4.78, 5) is 17.0. The van der Waals surface area contributed by atoms with Crippen LogP contribution in [0, 0.1) is 5.92 Å². The third-order valence-electron chi connectivity index (χ3n) is 5.51. The molecule has 5 rings (SSSR count). The number of aromatic nitrogens is 3. The van der Waals surface area contributed by atoms with Gasteiger partial charge in [0.2, 0.25) is 11.6 Å². The molecule has 1 aromatic carbocycles. The third kappa shape index (κ3) is 2.05. The average molecular weight is 327 g/mol. The molecular formula is C18H18FN3O2. The molecule has 3 aliphatic rings. The number of ketones is 1. The maximum atomic E-state index is 14.4. The van der Waals surface area contributed by atoms with E-state index in [-0.39, 0.29) is 41.6 Å². The van der Waals surface area contributed by atoms with Crippen molar-refractivity contribution >= 4 is 5.78 Å². The fourth-order valence-electron chi connectivity index (χ4n) is 4.32. The summed E-state index contributed by atoms with van der Waals surface area (Å²) in [6.07, 6.45) is 2.04. The van der Waals surface area contributed by atoms with Crippen LogP contribution < -0.4 is 0 Å². The molecule has 4 heterocycles. The second-order valence-corrected chi connectivity index (χ2v) is 6.95. The Labute approximate surface area is 138 Å². The van der Waals surface area contributed by atoms with Crippen LogP contribution in [0.2, 0.25) is 0 Å². The molecule has 0 amide bonds. The normalized spacial score (nSPS) is 33.8. The largest absolute Gasteiger partial charge is 0.374 e. The van der Waals surface area contributed by atoms with Crippen molar-refractivity contribution < 1.29 is 13.9 Å². The molecule has 2 bridgehead atoms. The summed E-state index contributed by atoms with van der Waals surface area (Å²) >= 11 is 0. The van der Waals surface area contributed by atoms with Crippen molar-refractivity contribution in [2.45, 2.75) is 50.1 Å². The minimum atomic E-state index is -1.18. The van der Waals surface area contributed by atoms with E-state index in [1.807, 2.05) is 30.3 Å². The SMILES string of the molecule is O=C(c1nc2n(n1)[C@H](c1ccccc1)C[C@@H]2F)C1CC2CCC1O2. The first kappa shape index (κ1) is 14.3. The quantitative estimate of drug-likeness (QED) is 0.813. The number of rotatable bonds is 3. The molecule has 2 saturated heterocycles. The number of hydrogen-bond acceptors (Lipinski definition) is 4. The highest BCUT2D eigenvalue weighted by atomic mass is 19.1. The van der Waals surface area contributed by atoms with E-state index in [1.165, 1.54) is 0 Å². The lowest BCUT2D eigenvalue weighted by atomic mass is 9.86. The molecule has 5 atom stereocenters. The Kier molecular flexibility index (Phi) is 3.10. The molecule has 0 saturated carbocycles. The maximum Gasteiger partial charge on any atom is 0.218 e. The minimum absolute atomic E-state index is 0.00747. The summed E-state index contributed by atoms with van der Waals surface area (Å²) in [5.74, 6) is 0.161. The fourth-order valence-corrected chi connectivity index (χ4v) is 4.32. The van der Waals surface area contributed by atoms with Crippen molar-refractivity contribution in [1.29, 1.82) is 0 Å². The van der Waals surface area contributed by atoms with Gasteiger partial charge in [0, 0.05) is 6.42 Å². The van der Waals surface area contributed by atoms with E-state index in [2.05, 4.69) is 10.1 Å². The van der Waals surface area contributed by atoms with Crippen LogP contribution in [0.1, 0.15) is 59.9 Å². The van der Waals surface area contributed by atoms with Crippen LogP contribution in [0.5, 0.6) is 0 Å². The highest BCUT2D eigenvalue weighted by Crippen LogP contribution is 2.42. The molecule has 2 fully saturated rings. The number of alkyl halides is 1. The van der Waals surface area contributed by atoms with E-state index in [9.17, 15) is 9.18 Å². The van der Waals surface area contributed by atoms with Gasteiger partial charge in [-0.15, -0.1) is 5.10 Å². The zero-order valence-electron chi connectivity index (χ0n) is 13.1. The predicted molar refractivity (Wildman–Crippen MR) is 83.4 cm³/mol. The monoisotopic (exact) mass is 327 g/mol. The smallest absolute Gasteiger partial charge is 0.218 e. The molecule has 5 nitrogen and oxygen atoms in total. The van der Waals surface area contributed by atoms with Crippen molar-refractivity contribution in [1.82, 2.24) is 14.8 Å². The Morgan fingerprint density at radius 3 is 2.75 bits per heavy atom. The Morgan fingerprint density at radius 2 is 2.04 bits per heavy atom. The van der Waals surface area contributed by atoms with Gasteiger partial charge >= 0.3 is 0 Å². The summed E-state index contributed by atoms with van der Waals surface area (Å²) in [6, 6.07) is 9.50. The van der Waals surface area contributed by atoms with E-state index < -0.39 is 6.17 Å². The molecule has 124 valence electrons. The van der Waals surface area contributed by atoms with Crippen LogP contribution in [0.3, 0.4) is 0 Å². The maximum absolute atomic E-state index is 14.4. The minimum Gasteiger partial charge on any atom is -0.374 e. The molecule has 3 unspecified atom stereocenters. The Bertz CT molecular complexity index is 791. The van der Waals surface area contributed by atoms with Crippen molar-refractivity contribution in [3.63, 3.8) is 0 Å². The Morgan fingerprint density at radius 1 is 1.21 bits per heavy atom. The lowest BCUT2D eigenvalue weighted by Crippen LogP contribution is -2.26. The van der Waals surface area contributed by atoms with Gasteiger partial charge in [0.05, 0.1) is 24.2 Å². The number of halogens is 1. The van der Waals surface area contributed by atoms with Gasteiger partial charge in [0.1, 0.15) is 0 Å². The first-order valence-corrected chi connectivity index (χ1v) is 8.56. The highest BCUT2D eigenvalue weighted by Gasteiger charge is 2.46. The Balaban J connectivity index is 1.46. The average Bonchev–Trinajstić information content (AvgIpc) is 3.37. The van der Waals surface area contributed by atoms with Crippen LogP contribution in [0.4, 0.5) is 4.39 Å². The van der Waals surface area contributed by atoms with Crippen LogP contribution in [-0.4, -0.2) is 32.8 Å². The summed E-state index contributed by atoms with van der Waals surface area (Å²) in [7, 11) is 0. The van der Waals surface area contributed by atoms with Gasteiger partial charge in [-0.1, -0.05) is 30.3 Å². The molecule has 0 radical (unpaired) electrons. The number of carbonyl (C=O) groups excluding carboxylic acids is 1. The second-order valence-electron chi connectivity index (χ2n) is 6.95. The molecule has 6 heteroatoms. The van der Waals surface area contributed by atoms with Gasteiger partial charge in [-0.25, -0.2) is 14.1 Å². The van der Waals surface area contributed by atoms with E-state index in [1.54, 1.807) is 4.68 Å². The van der Waals surface area contributed by atoms with Crippen molar-refractivity contribution in [2.75, 3.05) is 0 Å². The molecular weight excluding hydrogens is 309 g/mol. The van der Waals surface area contributed by atoms with Gasteiger partial charge in [0.25, 0.3) is 0 Å². The van der Waals surface area contributed by atoms with Crippen molar-refractivity contribution in [2.24, 2.45) is 5.92 Å². The first-order chi connectivity index (χ1) is 11.7. The van der Waals surface area contributed by atoms with E-state index in [0.29, 0.717) is 6.42 Å². The van der Waals surface area contributed by atoms with E-state index >= 15 is 0 Å². The van der Waals surface area contributed by atoms with Crippen molar-refractivity contribution in [3.05, 3.63) is 47.5 Å². The predicted octanol–water partition coefficient (Wildman–Crippen LogP) is 3.03. The number of ether oxygens (including phenoxy) is 1. The molecule has 1 aromatic heterocycles. The van der Waals surface area contributed by atoms with E-state index in [0.717, 1.165) is 24.8 Å². The summed E-state index contributed by atoms with van der Waals surface area (Å²) < 4.78 is 21.8. The second kappa shape index (κ2) is 5.21. The molecule has 0 aliphatic carbocycles. The Hall–Kier alpha value is -2.08. The van der Waals surface area contributed by atoms with Crippen LogP contribution >= 0.6 is 0 Å². The van der Waals surface area contributed by atoms with Crippen molar-refractivity contribution in [3.8, 4) is 0 Å². The van der Waals surface area contributed by atoms with Crippen LogP contribution in [-0.2, 0) is 4.74 Å². The standard InChI is InChI=1S/C18H18FN3O2/c19-13-9-14(10-4-2-1-3-5-10)22-18(13)20-17(21-22)16(23)12-8-11-6-7-15(12)24-11/h1-5,11-15H,6-9H2/t11?,12?,13-,14-,15?/m0/s1. The molecule has 0 N–H and O–H groups in total. The summed E-state index contributed by atoms with van der Waals surface area (Å²) in [5.41, 5.74) is 0.992. The number of nitrogens with zero attached hydrogens (tertiary/aromatic N) is 3. The lowest BCUT2D eigenvalue weighted by molar-refractivity contribution is 0.0734. The number of hydrogen-bond donors (Lipinski definition) is 0. The van der Waals surface area contributed by atoms with Gasteiger partial charge in [-0.05, 0) is 24.8 Å². The van der Waals surface area contributed by atoms with Gasteiger partial charge in [0.15, 0.2) is 12.0 Å². The molecule has 0 spiro atoms. The van der Waals surface area contributed by atoms with Crippen LogP contribution in [0.25, 0.3) is 0 Å². The van der Waals surface area contributed by atoms with Gasteiger partial charge in [-0.2, -0.15) is 0 Å².